The molecule has 3 N–H and O–H groups in total. The van der Waals surface area contributed by atoms with E-state index >= 15 is 0 Å². The average Bonchev–Trinajstić information content (AvgIpc) is 3.03. The fraction of sp³-hybridized carbons (Fsp3) is 0.167. The van der Waals surface area contributed by atoms with Crippen molar-refractivity contribution >= 4 is 34.3 Å². The van der Waals surface area contributed by atoms with E-state index in [9.17, 15) is 9.59 Å². The van der Waals surface area contributed by atoms with E-state index in [4.69, 9.17) is 11.6 Å². The molecule has 0 aliphatic carbocycles. The van der Waals surface area contributed by atoms with Crippen LogP contribution in [-0.4, -0.2) is 28.6 Å². The van der Waals surface area contributed by atoms with E-state index in [0.717, 1.165) is 22.2 Å². The van der Waals surface area contributed by atoms with Crippen LogP contribution in [0.3, 0.4) is 0 Å². The van der Waals surface area contributed by atoms with Gasteiger partial charge in [0.1, 0.15) is 0 Å². The SMILES string of the molecule is O=C(CNC(=O)Cc1ccc(Cl)cc1)NCc1[nH]nc2ccccc12. The zero-order valence-electron chi connectivity index (χ0n) is 13.4. The molecule has 0 atom stereocenters. The van der Waals surface area contributed by atoms with Crippen molar-refractivity contribution in [2.24, 2.45) is 0 Å². The van der Waals surface area contributed by atoms with E-state index < -0.39 is 0 Å². The van der Waals surface area contributed by atoms with Gasteiger partial charge < -0.3 is 10.6 Å². The Morgan fingerprint density at radius 1 is 1.00 bits per heavy atom. The highest BCUT2D eigenvalue weighted by Crippen LogP contribution is 2.14. The third-order valence-corrected chi connectivity index (χ3v) is 3.98. The third-order valence-electron chi connectivity index (χ3n) is 3.73. The molecule has 2 aromatic carbocycles. The van der Waals surface area contributed by atoms with Crippen LogP contribution in [0.15, 0.2) is 48.5 Å². The number of hydrogen-bond acceptors (Lipinski definition) is 3. The zero-order chi connectivity index (χ0) is 17.6. The molecule has 0 spiro atoms. The molecule has 0 radical (unpaired) electrons. The molecule has 0 aliphatic rings. The molecule has 7 heteroatoms. The normalized spacial score (nSPS) is 10.6. The second kappa shape index (κ2) is 7.81. The van der Waals surface area contributed by atoms with Gasteiger partial charge in [0.25, 0.3) is 0 Å². The van der Waals surface area contributed by atoms with Crippen LogP contribution in [0, 0.1) is 0 Å². The van der Waals surface area contributed by atoms with E-state index in [1.807, 2.05) is 24.3 Å². The second-order valence-electron chi connectivity index (χ2n) is 5.58. The lowest BCUT2D eigenvalue weighted by Crippen LogP contribution is -2.37. The Bertz CT molecular complexity index is 889. The molecule has 0 aliphatic heterocycles. The summed E-state index contributed by atoms with van der Waals surface area (Å²) in [6.45, 7) is 0.255. The van der Waals surface area contributed by atoms with Crippen molar-refractivity contribution in [3.63, 3.8) is 0 Å². The molecule has 1 heterocycles. The summed E-state index contributed by atoms with van der Waals surface area (Å²) in [5.41, 5.74) is 2.52. The molecule has 0 saturated heterocycles. The molecule has 0 unspecified atom stereocenters. The van der Waals surface area contributed by atoms with Gasteiger partial charge in [-0.25, -0.2) is 0 Å². The smallest absolute Gasteiger partial charge is 0.239 e. The molecule has 0 bridgehead atoms. The lowest BCUT2D eigenvalue weighted by Gasteiger charge is -2.07. The van der Waals surface area contributed by atoms with Gasteiger partial charge in [0, 0.05) is 10.4 Å². The number of nitrogens with zero attached hydrogens (tertiary/aromatic N) is 1. The van der Waals surface area contributed by atoms with E-state index in [1.54, 1.807) is 24.3 Å². The number of aromatic nitrogens is 2. The quantitative estimate of drug-likeness (QED) is 0.632. The lowest BCUT2D eigenvalue weighted by atomic mass is 10.1. The predicted octanol–water partition coefficient (Wildman–Crippen LogP) is 2.19. The van der Waals surface area contributed by atoms with Crippen LogP contribution in [0.5, 0.6) is 0 Å². The fourth-order valence-corrected chi connectivity index (χ4v) is 2.55. The first-order valence-electron chi connectivity index (χ1n) is 7.81. The van der Waals surface area contributed by atoms with Crippen molar-refractivity contribution in [1.29, 1.82) is 0 Å². The maximum atomic E-state index is 11.9. The third kappa shape index (κ3) is 4.58. The maximum Gasteiger partial charge on any atom is 0.239 e. The standard InChI is InChI=1S/C18H17ClN4O2/c19-13-7-5-12(6-8-13)9-17(24)21-11-18(25)20-10-16-14-3-1-2-4-15(14)22-23-16/h1-8H,9-11H2,(H,20,25)(H,21,24)(H,22,23). The number of amides is 2. The summed E-state index contributed by atoms with van der Waals surface area (Å²) in [5, 5.41) is 14.0. The number of rotatable bonds is 6. The minimum absolute atomic E-state index is 0.0709. The minimum Gasteiger partial charge on any atom is -0.349 e. The Balaban J connectivity index is 1.44. The summed E-state index contributed by atoms with van der Waals surface area (Å²) in [5.74, 6) is -0.479. The molecular formula is C18H17ClN4O2. The van der Waals surface area contributed by atoms with Crippen molar-refractivity contribution in [3.05, 3.63) is 64.8 Å². The highest BCUT2D eigenvalue weighted by atomic mass is 35.5. The predicted molar refractivity (Wildman–Crippen MR) is 96.1 cm³/mol. The summed E-state index contributed by atoms with van der Waals surface area (Å²) in [6, 6.07) is 14.7. The van der Waals surface area contributed by atoms with Crippen molar-refractivity contribution in [1.82, 2.24) is 20.8 Å². The molecule has 3 rings (SSSR count). The summed E-state index contributed by atoms with van der Waals surface area (Å²) >= 11 is 5.80. The first-order valence-corrected chi connectivity index (χ1v) is 8.19. The number of benzene rings is 2. The molecule has 0 saturated carbocycles. The van der Waals surface area contributed by atoms with Crippen LogP contribution in [0.2, 0.25) is 5.02 Å². The Morgan fingerprint density at radius 2 is 1.76 bits per heavy atom. The molecule has 0 fully saturated rings. The Morgan fingerprint density at radius 3 is 2.56 bits per heavy atom. The fourth-order valence-electron chi connectivity index (χ4n) is 2.43. The Kier molecular flexibility index (Phi) is 5.30. The van der Waals surface area contributed by atoms with Crippen molar-refractivity contribution in [2.45, 2.75) is 13.0 Å². The summed E-state index contributed by atoms with van der Waals surface area (Å²) in [6.07, 6.45) is 0.204. The van der Waals surface area contributed by atoms with Crippen LogP contribution in [0.25, 0.3) is 10.9 Å². The zero-order valence-corrected chi connectivity index (χ0v) is 14.1. The molecule has 2 amide bonds. The molecule has 3 aromatic rings. The second-order valence-corrected chi connectivity index (χ2v) is 6.01. The number of fused-ring (bicyclic) bond motifs is 1. The van der Waals surface area contributed by atoms with Crippen molar-refractivity contribution in [3.8, 4) is 0 Å². The van der Waals surface area contributed by atoms with Gasteiger partial charge in [-0.05, 0) is 23.8 Å². The molecule has 25 heavy (non-hydrogen) atoms. The number of hydrogen-bond donors (Lipinski definition) is 3. The van der Waals surface area contributed by atoms with E-state index in [0.29, 0.717) is 11.6 Å². The highest BCUT2D eigenvalue weighted by Gasteiger charge is 2.09. The number of H-pyrrole nitrogens is 1. The summed E-state index contributed by atoms with van der Waals surface area (Å²) < 4.78 is 0. The van der Waals surface area contributed by atoms with Gasteiger partial charge in [0.2, 0.25) is 11.8 Å². The number of aromatic amines is 1. The first-order chi connectivity index (χ1) is 12.1. The first kappa shape index (κ1) is 17.0. The lowest BCUT2D eigenvalue weighted by molar-refractivity contribution is -0.125. The summed E-state index contributed by atoms with van der Waals surface area (Å²) in [7, 11) is 0. The van der Waals surface area contributed by atoms with Gasteiger partial charge >= 0.3 is 0 Å². The average molecular weight is 357 g/mol. The van der Waals surface area contributed by atoms with E-state index in [-0.39, 0.29) is 24.8 Å². The topological polar surface area (TPSA) is 86.9 Å². The minimum atomic E-state index is -0.261. The maximum absolute atomic E-state index is 11.9. The van der Waals surface area contributed by atoms with Crippen molar-refractivity contribution in [2.75, 3.05) is 6.54 Å². The van der Waals surface area contributed by atoms with Gasteiger partial charge in [-0.2, -0.15) is 5.10 Å². The monoisotopic (exact) mass is 356 g/mol. The van der Waals surface area contributed by atoms with Crippen molar-refractivity contribution < 1.29 is 9.59 Å². The molecule has 1 aromatic heterocycles. The largest absolute Gasteiger partial charge is 0.349 e. The van der Waals surface area contributed by atoms with Gasteiger partial charge in [-0.3, -0.25) is 14.7 Å². The Hall–Kier alpha value is -2.86. The molecule has 6 nitrogen and oxygen atoms in total. The number of halogens is 1. The molecule has 128 valence electrons. The summed E-state index contributed by atoms with van der Waals surface area (Å²) in [4.78, 5) is 23.8. The van der Waals surface area contributed by atoms with Crippen LogP contribution < -0.4 is 10.6 Å². The van der Waals surface area contributed by atoms with Crippen LogP contribution in [-0.2, 0) is 22.6 Å². The van der Waals surface area contributed by atoms with E-state index in [1.165, 1.54) is 0 Å². The van der Waals surface area contributed by atoms with Crippen LogP contribution >= 0.6 is 11.6 Å². The number of carbonyl (C=O) groups is 2. The number of nitrogens with one attached hydrogen (secondary N) is 3. The highest BCUT2D eigenvalue weighted by molar-refractivity contribution is 6.30. The van der Waals surface area contributed by atoms with Crippen LogP contribution in [0.4, 0.5) is 0 Å². The van der Waals surface area contributed by atoms with Gasteiger partial charge in [-0.1, -0.05) is 41.9 Å². The number of para-hydroxylation sites is 1. The Labute approximate surface area is 149 Å². The van der Waals surface area contributed by atoms with Gasteiger partial charge in [-0.15, -0.1) is 0 Å². The van der Waals surface area contributed by atoms with Crippen LogP contribution in [0.1, 0.15) is 11.3 Å². The number of carbonyl (C=O) groups excluding carboxylic acids is 2. The van der Waals surface area contributed by atoms with E-state index in [2.05, 4.69) is 20.8 Å². The van der Waals surface area contributed by atoms with Gasteiger partial charge in [0.15, 0.2) is 0 Å². The molecular weight excluding hydrogens is 340 g/mol. The van der Waals surface area contributed by atoms with Gasteiger partial charge in [0.05, 0.1) is 30.7 Å².